The number of hydrogen-bond acceptors (Lipinski definition) is 3. The molecule has 0 saturated carbocycles. The molecular formula is C22H16ClF3N4O. The van der Waals surface area contributed by atoms with Gasteiger partial charge in [-0.3, -0.25) is 9.36 Å². The van der Waals surface area contributed by atoms with Crippen molar-refractivity contribution in [1.82, 2.24) is 19.1 Å². The molecule has 0 fully saturated rings. The summed E-state index contributed by atoms with van der Waals surface area (Å²) in [6.45, 7) is 0. The molecule has 4 aromatic rings. The number of nitrogens with zero attached hydrogens (tertiary/aromatic N) is 4. The van der Waals surface area contributed by atoms with Crippen molar-refractivity contribution in [1.29, 1.82) is 0 Å². The Morgan fingerprint density at radius 2 is 1.77 bits per heavy atom. The first-order valence-corrected chi connectivity index (χ1v) is 9.99. The van der Waals surface area contributed by atoms with E-state index >= 15 is 0 Å². The number of aryl methyl sites for hydroxylation is 1. The zero-order chi connectivity index (χ0) is 21.9. The van der Waals surface area contributed by atoms with Crippen LogP contribution in [-0.2, 0) is 26.1 Å². The number of benzene rings is 2. The molecule has 0 aliphatic heterocycles. The van der Waals surface area contributed by atoms with E-state index in [1.54, 1.807) is 35.9 Å². The van der Waals surface area contributed by atoms with E-state index in [4.69, 9.17) is 16.6 Å². The van der Waals surface area contributed by atoms with Crippen LogP contribution < -0.4 is 5.56 Å². The van der Waals surface area contributed by atoms with E-state index in [0.717, 1.165) is 11.6 Å². The summed E-state index contributed by atoms with van der Waals surface area (Å²) < 4.78 is 42.6. The molecule has 2 aromatic heterocycles. The average molecular weight is 445 g/mol. The molecule has 5 nitrogen and oxygen atoms in total. The van der Waals surface area contributed by atoms with Gasteiger partial charge in [0.1, 0.15) is 5.82 Å². The molecule has 0 bridgehead atoms. The molecule has 1 aliphatic carbocycles. The number of hydrogen-bond donors (Lipinski definition) is 0. The van der Waals surface area contributed by atoms with Crippen LogP contribution in [0, 0.1) is 0 Å². The van der Waals surface area contributed by atoms with Crippen molar-refractivity contribution >= 4 is 22.8 Å². The van der Waals surface area contributed by atoms with Crippen LogP contribution in [0.25, 0.3) is 16.9 Å². The van der Waals surface area contributed by atoms with Gasteiger partial charge in [0, 0.05) is 18.0 Å². The topological polar surface area (TPSA) is 52.7 Å². The van der Waals surface area contributed by atoms with Gasteiger partial charge in [0.05, 0.1) is 17.6 Å². The van der Waals surface area contributed by atoms with Gasteiger partial charge in [0.25, 0.3) is 5.56 Å². The highest BCUT2D eigenvalue weighted by molar-refractivity contribution is 6.30. The van der Waals surface area contributed by atoms with Crippen molar-refractivity contribution in [3.8, 4) is 5.69 Å². The quantitative estimate of drug-likeness (QED) is 0.451. The molecule has 5 rings (SSSR count). The fourth-order valence-corrected chi connectivity index (χ4v) is 4.29. The molecule has 1 aliphatic rings. The molecule has 0 amide bonds. The molecule has 9 heteroatoms. The standard InChI is InChI=1S/C22H16ClF3N4O/c1-29-11-27-18-20(29)28-19(30(21(18)31)17-6-4-16(23)5-7-17)14-8-12-2-3-15(22(24,25)26)10-13(12)9-14/h2-7,10-11,14H,8-9H2,1H3. The fraction of sp³-hybridized carbons (Fsp3) is 0.227. The normalized spacial score (nSPS) is 16.1. The number of alkyl halides is 3. The zero-order valence-electron chi connectivity index (χ0n) is 16.3. The smallest absolute Gasteiger partial charge is 0.318 e. The predicted molar refractivity (Wildman–Crippen MR) is 111 cm³/mol. The Labute approximate surface area is 179 Å². The first kappa shape index (κ1) is 19.8. The summed E-state index contributed by atoms with van der Waals surface area (Å²) in [6, 6.07) is 10.6. The third-order valence-electron chi connectivity index (χ3n) is 5.68. The monoisotopic (exact) mass is 444 g/mol. The summed E-state index contributed by atoms with van der Waals surface area (Å²) in [5.41, 5.74) is 1.72. The molecule has 0 spiro atoms. The summed E-state index contributed by atoms with van der Waals surface area (Å²) in [4.78, 5) is 22.3. The van der Waals surface area contributed by atoms with Crippen molar-refractivity contribution in [2.45, 2.75) is 24.9 Å². The summed E-state index contributed by atoms with van der Waals surface area (Å²) in [5, 5.41) is 0.526. The van der Waals surface area contributed by atoms with Crippen LogP contribution in [0.5, 0.6) is 0 Å². The Balaban J connectivity index is 1.67. The van der Waals surface area contributed by atoms with Gasteiger partial charge in [-0.15, -0.1) is 0 Å². The maximum Gasteiger partial charge on any atom is 0.416 e. The molecule has 1 atom stereocenters. The fourth-order valence-electron chi connectivity index (χ4n) is 4.17. The number of halogens is 4. The Hall–Kier alpha value is -3.13. The lowest BCUT2D eigenvalue weighted by molar-refractivity contribution is -0.137. The van der Waals surface area contributed by atoms with Crippen molar-refractivity contribution in [2.24, 2.45) is 7.05 Å². The van der Waals surface area contributed by atoms with E-state index < -0.39 is 11.7 Å². The number of rotatable bonds is 2. The van der Waals surface area contributed by atoms with E-state index in [0.29, 0.717) is 40.6 Å². The van der Waals surface area contributed by atoms with Gasteiger partial charge in [-0.05, 0) is 60.4 Å². The second-order valence-electron chi connectivity index (χ2n) is 7.70. The first-order valence-electron chi connectivity index (χ1n) is 9.61. The summed E-state index contributed by atoms with van der Waals surface area (Å²) in [7, 11) is 1.75. The lowest BCUT2D eigenvalue weighted by atomic mass is 10.0. The number of fused-ring (bicyclic) bond motifs is 2. The van der Waals surface area contributed by atoms with Crippen LogP contribution >= 0.6 is 11.6 Å². The largest absolute Gasteiger partial charge is 0.416 e. The number of imidazole rings is 1. The summed E-state index contributed by atoms with van der Waals surface area (Å²) in [5.74, 6) is 0.245. The minimum Gasteiger partial charge on any atom is -0.318 e. The van der Waals surface area contributed by atoms with E-state index in [-0.39, 0.29) is 17.0 Å². The van der Waals surface area contributed by atoms with Crippen molar-refractivity contribution in [3.05, 3.63) is 86.7 Å². The van der Waals surface area contributed by atoms with E-state index in [1.165, 1.54) is 23.0 Å². The van der Waals surface area contributed by atoms with Crippen LogP contribution in [0.3, 0.4) is 0 Å². The highest BCUT2D eigenvalue weighted by Crippen LogP contribution is 2.38. The van der Waals surface area contributed by atoms with Crippen LogP contribution in [0.2, 0.25) is 5.02 Å². The minimum atomic E-state index is -4.40. The molecule has 0 saturated heterocycles. The summed E-state index contributed by atoms with van der Waals surface area (Å²) in [6.07, 6.45) is -2.02. The zero-order valence-corrected chi connectivity index (χ0v) is 17.1. The average Bonchev–Trinajstić information content (AvgIpc) is 3.31. The van der Waals surface area contributed by atoms with E-state index in [1.807, 2.05) is 0 Å². The highest BCUT2D eigenvalue weighted by Gasteiger charge is 2.34. The highest BCUT2D eigenvalue weighted by atomic mass is 35.5. The molecule has 31 heavy (non-hydrogen) atoms. The maximum absolute atomic E-state index is 13.3. The van der Waals surface area contributed by atoms with Gasteiger partial charge in [-0.25, -0.2) is 9.97 Å². The Morgan fingerprint density at radius 3 is 2.48 bits per heavy atom. The molecule has 2 heterocycles. The van der Waals surface area contributed by atoms with Crippen LogP contribution in [-0.4, -0.2) is 19.1 Å². The molecule has 158 valence electrons. The lowest BCUT2D eigenvalue weighted by Crippen LogP contribution is -2.26. The lowest BCUT2D eigenvalue weighted by Gasteiger charge is -2.17. The number of aromatic nitrogens is 4. The molecule has 2 aromatic carbocycles. The molecule has 1 unspecified atom stereocenters. The maximum atomic E-state index is 13.3. The second kappa shape index (κ2) is 6.95. The van der Waals surface area contributed by atoms with Gasteiger partial charge < -0.3 is 4.57 Å². The Morgan fingerprint density at radius 1 is 1.06 bits per heavy atom. The predicted octanol–water partition coefficient (Wildman–Crippen LogP) is 4.67. The van der Waals surface area contributed by atoms with E-state index in [2.05, 4.69) is 4.98 Å². The van der Waals surface area contributed by atoms with Crippen molar-refractivity contribution in [2.75, 3.05) is 0 Å². The summed E-state index contributed by atoms with van der Waals surface area (Å²) >= 11 is 6.01. The SMILES string of the molecule is Cn1cnc2c(=O)n(-c3ccc(Cl)cc3)c(C3Cc4ccc(C(F)(F)F)cc4C3)nc21. The second-order valence-corrected chi connectivity index (χ2v) is 8.14. The Bertz CT molecular complexity index is 1370. The van der Waals surface area contributed by atoms with Crippen LogP contribution in [0.4, 0.5) is 13.2 Å². The van der Waals surface area contributed by atoms with Gasteiger partial charge >= 0.3 is 6.18 Å². The molecule has 0 N–H and O–H groups in total. The van der Waals surface area contributed by atoms with Gasteiger partial charge in [-0.1, -0.05) is 17.7 Å². The van der Waals surface area contributed by atoms with Gasteiger partial charge in [0.2, 0.25) is 0 Å². The third kappa shape index (κ3) is 3.31. The first-order chi connectivity index (χ1) is 14.7. The van der Waals surface area contributed by atoms with Crippen LogP contribution in [0.15, 0.2) is 53.6 Å². The molecular weight excluding hydrogens is 429 g/mol. The van der Waals surface area contributed by atoms with Crippen molar-refractivity contribution in [3.63, 3.8) is 0 Å². The van der Waals surface area contributed by atoms with E-state index in [9.17, 15) is 18.0 Å². The minimum absolute atomic E-state index is 0.232. The van der Waals surface area contributed by atoms with Gasteiger partial charge in [-0.2, -0.15) is 13.2 Å². The third-order valence-corrected chi connectivity index (χ3v) is 5.93. The van der Waals surface area contributed by atoms with Crippen molar-refractivity contribution < 1.29 is 13.2 Å². The van der Waals surface area contributed by atoms with Crippen LogP contribution in [0.1, 0.15) is 28.4 Å². The van der Waals surface area contributed by atoms with Gasteiger partial charge in [0.15, 0.2) is 11.2 Å². The molecule has 0 radical (unpaired) electrons. The Kier molecular flexibility index (Phi) is 4.44.